The van der Waals surface area contributed by atoms with Gasteiger partial charge in [0.25, 0.3) is 0 Å². The summed E-state index contributed by atoms with van der Waals surface area (Å²) < 4.78 is 0. The molecular formula is C54H39N5. The lowest BCUT2D eigenvalue weighted by atomic mass is 9.97. The lowest BCUT2D eigenvalue weighted by Gasteiger charge is -2.28. The first-order valence-electron chi connectivity index (χ1n) is 20.1. The van der Waals surface area contributed by atoms with E-state index in [-0.39, 0.29) is 12.3 Å². The van der Waals surface area contributed by atoms with E-state index in [0.717, 1.165) is 61.7 Å². The van der Waals surface area contributed by atoms with Crippen molar-refractivity contribution in [3.63, 3.8) is 0 Å². The summed E-state index contributed by atoms with van der Waals surface area (Å²) >= 11 is 0. The summed E-state index contributed by atoms with van der Waals surface area (Å²) in [6.45, 7) is 0. The molecule has 0 aliphatic carbocycles. The van der Waals surface area contributed by atoms with E-state index in [0.29, 0.717) is 0 Å². The average molecular weight is 758 g/mol. The lowest BCUT2D eigenvalue weighted by molar-refractivity contribution is 0.664. The number of aliphatic imine (C=N–C) groups is 1. The van der Waals surface area contributed by atoms with Crippen LogP contribution in [0.3, 0.4) is 0 Å². The molecule has 2 aliphatic rings. The van der Waals surface area contributed by atoms with Crippen LogP contribution < -0.4 is 15.5 Å². The summed E-state index contributed by atoms with van der Waals surface area (Å²) in [5.74, 6) is 0. The van der Waals surface area contributed by atoms with Crippen molar-refractivity contribution in [3.05, 3.63) is 235 Å². The monoisotopic (exact) mass is 757 g/mol. The van der Waals surface area contributed by atoms with E-state index in [9.17, 15) is 0 Å². The van der Waals surface area contributed by atoms with Gasteiger partial charge in [-0.15, -0.1) is 0 Å². The van der Waals surface area contributed by atoms with E-state index >= 15 is 0 Å². The van der Waals surface area contributed by atoms with Crippen molar-refractivity contribution in [2.45, 2.75) is 12.3 Å². The Morgan fingerprint density at radius 3 is 1.76 bits per heavy atom. The number of nitrogens with zero attached hydrogens (tertiary/aromatic N) is 3. The molecule has 0 bridgehead atoms. The average Bonchev–Trinajstić information content (AvgIpc) is 3.74. The maximum absolute atomic E-state index is 5.21. The fourth-order valence-corrected chi connectivity index (χ4v) is 8.68. The van der Waals surface area contributed by atoms with Crippen molar-refractivity contribution < 1.29 is 0 Å². The molecule has 2 aliphatic heterocycles. The van der Waals surface area contributed by atoms with Gasteiger partial charge in [-0.3, -0.25) is 9.98 Å². The number of nitrogens with one attached hydrogen (secondary N) is 2. The summed E-state index contributed by atoms with van der Waals surface area (Å²) in [6.07, 6.45) is 5.74. The van der Waals surface area contributed by atoms with Crippen molar-refractivity contribution in [3.8, 4) is 22.3 Å². The number of fused-ring (bicyclic) bond motifs is 6. The fraction of sp³-hybridized carbons (Fsp3) is 0.0370. The Bertz CT molecular complexity index is 3030. The Labute approximate surface area is 343 Å². The molecule has 2 atom stereocenters. The molecule has 0 saturated heterocycles. The first kappa shape index (κ1) is 34.5. The zero-order chi connectivity index (χ0) is 39.1. The summed E-state index contributed by atoms with van der Waals surface area (Å²) in [6, 6.07) is 69.0. The van der Waals surface area contributed by atoms with E-state index in [1.54, 1.807) is 0 Å². The predicted molar refractivity (Wildman–Crippen MR) is 245 cm³/mol. The number of allylic oxidation sites excluding steroid dienone is 1. The van der Waals surface area contributed by atoms with Crippen LogP contribution in [0.4, 0.5) is 17.1 Å². The van der Waals surface area contributed by atoms with Gasteiger partial charge in [-0.2, -0.15) is 0 Å². The van der Waals surface area contributed by atoms with Gasteiger partial charge in [0.2, 0.25) is 0 Å². The number of aromatic nitrogens is 1. The molecule has 0 radical (unpaired) electrons. The summed E-state index contributed by atoms with van der Waals surface area (Å²) in [5, 5.41) is 12.4. The number of hydrogen-bond donors (Lipinski definition) is 2. The molecule has 0 spiro atoms. The van der Waals surface area contributed by atoms with Crippen LogP contribution in [-0.2, 0) is 0 Å². The third kappa shape index (κ3) is 6.30. The maximum atomic E-state index is 5.21. The second-order valence-electron chi connectivity index (χ2n) is 15.1. The molecule has 11 rings (SSSR count). The molecule has 0 saturated carbocycles. The molecule has 0 amide bonds. The van der Waals surface area contributed by atoms with Gasteiger partial charge in [0, 0.05) is 34.6 Å². The highest BCUT2D eigenvalue weighted by atomic mass is 15.3. The molecule has 9 aromatic rings. The van der Waals surface area contributed by atoms with Gasteiger partial charge in [0.1, 0.15) is 12.3 Å². The molecule has 280 valence electrons. The first-order valence-corrected chi connectivity index (χ1v) is 20.1. The summed E-state index contributed by atoms with van der Waals surface area (Å²) in [7, 11) is 0. The van der Waals surface area contributed by atoms with Crippen LogP contribution >= 0.6 is 0 Å². The van der Waals surface area contributed by atoms with Gasteiger partial charge in [-0.25, -0.2) is 0 Å². The molecule has 5 nitrogen and oxygen atoms in total. The standard InChI is InChI=1S/C54H39N5/c1-4-13-36(14-5-1)37-23-27-39(28-24-37)49-34-50(57-53(56-49)41-15-6-2-7-16-41)40-29-25-38(26-30-40)43-19-12-20-44(33-43)59-52-47-22-11-10-21-45(47)46-31-32-55-35-48(46)51(52)58-54(59)42-17-8-3-9-18-42/h1-35,53-54,57-58H. The highest BCUT2D eigenvalue weighted by Crippen LogP contribution is 2.53. The molecule has 2 unspecified atom stereocenters. The highest BCUT2D eigenvalue weighted by molar-refractivity contribution is 6.22. The minimum atomic E-state index is -0.213. The Morgan fingerprint density at radius 2 is 1.02 bits per heavy atom. The van der Waals surface area contributed by atoms with Crippen molar-refractivity contribution in [1.29, 1.82) is 0 Å². The van der Waals surface area contributed by atoms with Crippen LogP contribution in [0.1, 0.15) is 34.6 Å². The molecule has 8 aromatic carbocycles. The SMILES string of the molecule is C1=C(c2ccc(-c3cccc(N4c5c(c6cnccc6c6ccccc56)NC4c4ccccc4)c3)cc2)NC(c2ccccc2)N=C1c1ccc(-c2ccccc2)cc1. The highest BCUT2D eigenvalue weighted by Gasteiger charge is 2.35. The van der Waals surface area contributed by atoms with Crippen molar-refractivity contribution in [2.75, 3.05) is 10.2 Å². The number of anilines is 3. The number of benzene rings is 8. The van der Waals surface area contributed by atoms with Crippen LogP contribution in [0.5, 0.6) is 0 Å². The summed E-state index contributed by atoms with van der Waals surface area (Å²) in [4.78, 5) is 12.2. The van der Waals surface area contributed by atoms with Crippen molar-refractivity contribution >= 4 is 50.0 Å². The Hall–Kier alpha value is -7.76. The van der Waals surface area contributed by atoms with Crippen molar-refractivity contribution in [2.24, 2.45) is 4.99 Å². The normalized spacial score (nSPS) is 15.9. The van der Waals surface area contributed by atoms with Gasteiger partial charge >= 0.3 is 0 Å². The molecule has 2 N–H and O–H groups in total. The third-order valence-electron chi connectivity index (χ3n) is 11.6. The van der Waals surface area contributed by atoms with Gasteiger partial charge < -0.3 is 15.5 Å². The van der Waals surface area contributed by atoms with Gasteiger partial charge in [0.15, 0.2) is 0 Å². The fourth-order valence-electron chi connectivity index (χ4n) is 8.68. The van der Waals surface area contributed by atoms with E-state index in [4.69, 9.17) is 4.99 Å². The van der Waals surface area contributed by atoms with Crippen LogP contribution in [0, 0.1) is 0 Å². The second-order valence-corrected chi connectivity index (χ2v) is 15.1. The molecule has 3 heterocycles. The molecule has 59 heavy (non-hydrogen) atoms. The van der Waals surface area contributed by atoms with Gasteiger partial charge in [-0.05, 0) is 79.6 Å². The minimum absolute atomic E-state index is 0.106. The Kier molecular flexibility index (Phi) is 8.55. The number of hydrogen-bond acceptors (Lipinski definition) is 5. The quantitative estimate of drug-likeness (QED) is 0.159. The minimum Gasteiger partial charge on any atom is -0.360 e. The number of pyridine rings is 1. The second kappa shape index (κ2) is 14.6. The molecule has 1 aromatic heterocycles. The van der Waals surface area contributed by atoms with Crippen molar-refractivity contribution in [1.82, 2.24) is 10.3 Å². The van der Waals surface area contributed by atoms with Gasteiger partial charge in [-0.1, -0.05) is 176 Å². The van der Waals surface area contributed by atoms with Crippen LogP contribution in [0.15, 0.2) is 218 Å². The van der Waals surface area contributed by atoms with E-state index < -0.39 is 0 Å². The van der Waals surface area contributed by atoms with Crippen LogP contribution in [-0.4, -0.2) is 10.7 Å². The summed E-state index contributed by atoms with van der Waals surface area (Å²) in [5.41, 5.74) is 14.6. The van der Waals surface area contributed by atoms with E-state index in [1.165, 1.54) is 32.8 Å². The predicted octanol–water partition coefficient (Wildman–Crippen LogP) is 13.1. The molecule has 5 heteroatoms. The smallest absolute Gasteiger partial charge is 0.145 e. The molecular weight excluding hydrogens is 719 g/mol. The molecule has 0 fully saturated rings. The number of rotatable bonds is 7. The van der Waals surface area contributed by atoms with Crippen LogP contribution in [0.2, 0.25) is 0 Å². The van der Waals surface area contributed by atoms with E-state index in [2.05, 4.69) is 215 Å². The Morgan fingerprint density at radius 1 is 0.441 bits per heavy atom. The first-order chi connectivity index (χ1) is 29.2. The van der Waals surface area contributed by atoms with Crippen LogP contribution in [0.25, 0.3) is 49.5 Å². The third-order valence-corrected chi connectivity index (χ3v) is 11.6. The largest absolute Gasteiger partial charge is 0.360 e. The van der Waals surface area contributed by atoms with Gasteiger partial charge in [0.05, 0.1) is 17.1 Å². The van der Waals surface area contributed by atoms with E-state index in [1.807, 2.05) is 18.5 Å². The topological polar surface area (TPSA) is 52.6 Å². The Balaban J connectivity index is 0.956. The zero-order valence-electron chi connectivity index (χ0n) is 32.2. The zero-order valence-corrected chi connectivity index (χ0v) is 32.2. The maximum Gasteiger partial charge on any atom is 0.145 e. The lowest BCUT2D eigenvalue weighted by Crippen LogP contribution is -2.24.